The molecule has 1 saturated carbocycles. The summed E-state index contributed by atoms with van der Waals surface area (Å²) in [5.41, 5.74) is 0.0663. The van der Waals surface area contributed by atoms with Crippen LogP contribution in [-0.4, -0.2) is 35.6 Å². The van der Waals surface area contributed by atoms with Gasteiger partial charge in [0.2, 0.25) is 5.91 Å². The predicted octanol–water partition coefficient (Wildman–Crippen LogP) is 1.53. The van der Waals surface area contributed by atoms with Crippen molar-refractivity contribution in [1.29, 1.82) is 10.5 Å². The highest BCUT2D eigenvalue weighted by Crippen LogP contribution is 2.67. The molecule has 3 rings (SSSR count). The molecule has 1 amide bonds. The van der Waals surface area contributed by atoms with E-state index in [1.54, 1.807) is 7.11 Å². The van der Waals surface area contributed by atoms with Gasteiger partial charge in [-0.1, -0.05) is 13.8 Å². The molecule has 1 aromatic rings. The highest BCUT2D eigenvalue weighted by atomic mass is 16.5. The average molecular weight is 339 g/mol. The Bertz CT molecular complexity index is 820. The molecule has 3 atom stereocenters. The highest BCUT2D eigenvalue weighted by molar-refractivity contribution is 5.91. The molecule has 0 aromatic carbocycles. The molecule has 0 radical (unpaired) electrons. The summed E-state index contributed by atoms with van der Waals surface area (Å²) in [7, 11) is 1.59. The van der Waals surface area contributed by atoms with Gasteiger partial charge in [-0.2, -0.15) is 10.5 Å². The number of carbonyl (C=O) groups excluding carboxylic acids is 1. The fraction of sp³-hybridized carbons (Fsp3) is 0.611. The molecule has 130 valence electrons. The first-order valence-electron chi connectivity index (χ1n) is 8.36. The number of rotatable bonds is 4. The van der Waals surface area contributed by atoms with Gasteiger partial charge in [0.25, 0.3) is 0 Å². The molecule has 3 unspecified atom stereocenters. The number of carbonyl (C=O) groups is 1. The topological polar surface area (TPSA) is 112 Å². The van der Waals surface area contributed by atoms with E-state index in [0.29, 0.717) is 24.4 Å². The van der Waals surface area contributed by atoms with Crippen molar-refractivity contribution in [2.75, 3.05) is 13.7 Å². The van der Waals surface area contributed by atoms with E-state index in [-0.39, 0.29) is 34.7 Å². The Morgan fingerprint density at radius 1 is 1.36 bits per heavy atom. The zero-order valence-electron chi connectivity index (χ0n) is 14.9. The van der Waals surface area contributed by atoms with E-state index in [1.165, 1.54) is 0 Å². The van der Waals surface area contributed by atoms with Gasteiger partial charge in [-0.15, -0.1) is 0 Å². The Labute approximate surface area is 147 Å². The third-order valence-corrected chi connectivity index (χ3v) is 5.83. The molecule has 2 bridgehead atoms. The van der Waals surface area contributed by atoms with Crippen LogP contribution in [0.4, 0.5) is 0 Å². The summed E-state index contributed by atoms with van der Waals surface area (Å²) >= 11 is 0. The van der Waals surface area contributed by atoms with Crippen molar-refractivity contribution in [1.82, 2.24) is 15.3 Å². The second-order valence-corrected chi connectivity index (χ2v) is 7.43. The minimum atomic E-state index is -0.832. The van der Waals surface area contributed by atoms with Gasteiger partial charge in [0, 0.05) is 19.1 Å². The first-order chi connectivity index (χ1) is 11.8. The van der Waals surface area contributed by atoms with Crippen molar-refractivity contribution in [3.63, 3.8) is 0 Å². The molecule has 25 heavy (non-hydrogen) atoms. The highest BCUT2D eigenvalue weighted by Gasteiger charge is 2.68. The largest absolute Gasteiger partial charge is 0.383 e. The monoisotopic (exact) mass is 339 g/mol. The first-order valence-corrected chi connectivity index (χ1v) is 8.36. The summed E-state index contributed by atoms with van der Waals surface area (Å²) in [5, 5.41) is 21.6. The maximum Gasteiger partial charge on any atom is 0.233 e. The number of nitrogens with zero attached hydrogens (tertiary/aromatic N) is 4. The lowest BCUT2D eigenvalue weighted by Gasteiger charge is -2.37. The molecule has 1 aromatic heterocycles. The fourth-order valence-corrected chi connectivity index (χ4v) is 4.56. The van der Waals surface area contributed by atoms with Gasteiger partial charge in [-0.25, -0.2) is 9.97 Å². The Hall–Kier alpha value is -2.51. The number of amides is 1. The van der Waals surface area contributed by atoms with Crippen molar-refractivity contribution in [2.45, 2.75) is 51.0 Å². The van der Waals surface area contributed by atoms with Crippen LogP contribution in [0.15, 0.2) is 0 Å². The van der Waals surface area contributed by atoms with E-state index in [0.717, 1.165) is 6.42 Å². The number of aromatic nitrogens is 2. The summed E-state index contributed by atoms with van der Waals surface area (Å²) in [6, 6.07) is 3.74. The average Bonchev–Trinajstić information content (AvgIpc) is 2.95. The molecule has 1 N–H and O–H groups in total. The third-order valence-electron chi connectivity index (χ3n) is 5.83. The molecule has 1 heterocycles. The summed E-state index contributed by atoms with van der Waals surface area (Å²) < 4.78 is 5.11. The second-order valence-electron chi connectivity index (χ2n) is 7.43. The Kier molecular flexibility index (Phi) is 4.01. The maximum atomic E-state index is 13.3. The van der Waals surface area contributed by atoms with Crippen LogP contribution in [-0.2, 0) is 14.9 Å². The molecule has 7 nitrogen and oxygen atoms in total. The fourth-order valence-electron chi connectivity index (χ4n) is 4.56. The SMILES string of the molecule is COCC(C)NC(=O)C12CCC(c3nc(C#N)c(C#N)nc31)C2(C)C. The smallest absolute Gasteiger partial charge is 0.233 e. The maximum absolute atomic E-state index is 13.3. The van der Waals surface area contributed by atoms with Gasteiger partial charge < -0.3 is 10.1 Å². The standard InChI is InChI=1S/C18H21N5O2/c1-10(9-25-4)21-16(24)18-6-5-11(17(18,2)3)14-15(18)23-13(8-20)12(7-19)22-14/h10-11H,5-6,9H2,1-4H3,(H,21,24). The van der Waals surface area contributed by atoms with E-state index >= 15 is 0 Å². The van der Waals surface area contributed by atoms with Crippen LogP contribution in [0.25, 0.3) is 0 Å². The van der Waals surface area contributed by atoms with Gasteiger partial charge in [-0.3, -0.25) is 4.79 Å². The van der Waals surface area contributed by atoms with Gasteiger partial charge in [0.1, 0.15) is 12.1 Å². The number of methoxy groups -OCH3 is 1. The molecule has 2 aliphatic rings. The van der Waals surface area contributed by atoms with Gasteiger partial charge >= 0.3 is 0 Å². The van der Waals surface area contributed by atoms with E-state index in [2.05, 4.69) is 15.3 Å². The second kappa shape index (κ2) is 5.79. The van der Waals surface area contributed by atoms with Crippen LogP contribution >= 0.6 is 0 Å². The van der Waals surface area contributed by atoms with Crippen LogP contribution in [0.3, 0.4) is 0 Å². The molecule has 7 heteroatoms. The van der Waals surface area contributed by atoms with Gasteiger partial charge in [0.15, 0.2) is 11.4 Å². The molecule has 0 aliphatic heterocycles. The van der Waals surface area contributed by atoms with Crippen LogP contribution in [0.5, 0.6) is 0 Å². The van der Waals surface area contributed by atoms with Crippen LogP contribution in [0.2, 0.25) is 0 Å². The zero-order valence-corrected chi connectivity index (χ0v) is 14.9. The minimum absolute atomic E-state index is 0.0123. The number of nitrogens with one attached hydrogen (secondary N) is 1. The third kappa shape index (κ3) is 2.16. The molecular weight excluding hydrogens is 318 g/mol. The lowest BCUT2D eigenvalue weighted by molar-refractivity contribution is -0.131. The molecule has 0 saturated heterocycles. The van der Waals surface area contributed by atoms with Crippen molar-refractivity contribution in [3.05, 3.63) is 22.8 Å². The van der Waals surface area contributed by atoms with Gasteiger partial charge in [0.05, 0.1) is 23.4 Å². The Balaban J connectivity index is 2.13. The quantitative estimate of drug-likeness (QED) is 0.890. The Morgan fingerprint density at radius 2 is 2.00 bits per heavy atom. The predicted molar refractivity (Wildman–Crippen MR) is 88.4 cm³/mol. The number of hydrogen-bond acceptors (Lipinski definition) is 6. The number of hydrogen-bond donors (Lipinski definition) is 1. The van der Waals surface area contributed by atoms with E-state index in [4.69, 9.17) is 4.74 Å². The number of ether oxygens (including phenoxy) is 1. The summed E-state index contributed by atoms with van der Waals surface area (Å²) in [4.78, 5) is 22.1. The van der Waals surface area contributed by atoms with Crippen molar-refractivity contribution in [3.8, 4) is 12.1 Å². The summed E-state index contributed by atoms with van der Waals surface area (Å²) in [5.74, 6) is -0.0514. The molecule has 1 fully saturated rings. The molecule has 2 aliphatic carbocycles. The number of nitriles is 2. The van der Waals surface area contributed by atoms with Crippen LogP contribution in [0.1, 0.15) is 62.3 Å². The minimum Gasteiger partial charge on any atom is -0.383 e. The summed E-state index contributed by atoms with van der Waals surface area (Å²) in [6.45, 7) is 6.40. The van der Waals surface area contributed by atoms with Gasteiger partial charge in [-0.05, 0) is 25.2 Å². The van der Waals surface area contributed by atoms with Crippen LogP contribution < -0.4 is 5.32 Å². The molecule has 0 spiro atoms. The Morgan fingerprint density at radius 3 is 2.60 bits per heavy atom. The van der Waals surface area contributed by atoms with Crippen molar-refractivity contribution in [2.24, 2.45) is 5.41 Å². The van der Waals surface area contributed by atoms with E-state index < -0.39 is 5.41 Å². The van der Waals surface area contributed by atoms with E-state index in [1.807, 2.05) is 32.9 Å². The van der Waals surface area contributed by atoms with Crippen molar-refractivity contribution < 1.29 is 9.53 Å². The zero-order chi connectivity index (χ0) is 18.4. The van der Waals surface area contributed by atoms with Crippen molar-refractivity contribution >= 4 is 5.91 Å². The number of fused-ring (bicyclic) bond motifs is 5. The lowest BCUT2D eigenvalue weighted by atomic mass is 9.67. The molecular formula is C18H21N5O2. The summed E-state index contributed by atoms with van der Waals surface area (Å²) in [6.07, 6.45) is 1.48. The first kappa shape index (κ1) is 17.3. The van der Waals surface area contributed by atoms with E-state index in [9.17, 15) is 15.3 Å². The van der Waals surface area contributed by atoms with Crippen LogP contribution in [0, 0.1) is 28.1 Å². The lowest BCUT2D eigenvalue weighted by Crippen LogP contribution is -2.52. The normalized spacial score (nSPS) is 26.4.